The topological polar surface area (TPSA) is 125 Å². The number of carbonyl (C=O) groups excluding carboxylic acids is 1. The molecule has 3 N–H and O–H groups in total. The lowest BCUT2D eigenvalue weighted by Crippen LogP contribution is -2.43. The molecular formula is C20H20N2O7. The Labute approximate surface area is 166 Å². The van der Waals surface area contributed by atoms with E-state index in [1.807, 2.05) is 0 Å². The normalized spacial score (nSPS) is 18.0. The number of hydrogen-bond acceptors (Lipinski definition) is 5. The number of fused-ring (bicyclic) bond motifs is 1. The maximum Gasteiger partial charge on any atom is 0.409 e. The number of nitrogens with one attached hydrogen (secondary N) is 1. The zero-order valence-electron chi connectivity index (χ0n) is 16.0. The molecule has 0 aromatic heterocycles. The van der Waals surface area contributed by atoms with E-state index in [1.54, 1.807) is 18.2 Å². The Kier molecular flexibility index (Phi) is 5.31. The van der Waals surface area contributed by atoms with Crippen molar-refractivity contribution in [1.82, 2.24) is 4.90 Å². The molecule has 9 heteroatoms. The first-order valence-corrected chi connectivity index (χ1v) is 8.64. The van der Waals surface area contributed by atoms with E-state index in [4.69, 9.17) is 14.6 Å². The van der Waals surface area contributed by atoms with Crippen molar-refractivity contribution in [1.29, 1.82) is 0 Å². The number of rotatable bonds is 5. The minimum absolute atomic E-state index is 0.192. The number of amides is 2. The number of carboxylic acid groups (broad SMARTS) is 2. The second-order valence-electron chi connectivity index (χ2n) is 6.49. The van der Waals surface area contributed by atoms with Gasteiger partial charge in [-0.2, -0.15) is 0 Å². The van der Waals surface area contributed by atoms with Crippen LogP contribution in [0.1, 0.15) is 33.4 Å². The average Bonchev–Trinajstić information content (AvgIpc) is 2.69. The fraction of sp³-hybridized carbons (Fsp3) is 0.250. The molecule has 0 saturated heterocycles. The summed E-state index contributed by atoms with van der Waals surface area (Å²) in [6.45, 7) is 0. The number of aliphatic carboxylic acids is 1. The van der Waals surface area contributed by atoms with Crippen LogP contribution in [0, 0.1) is 0 Å². The van der Waals surface area contributed by atoms with Gasteiger partial charge in [-0.15, -0.1) is 0 Å². The van der Waals surface area contributed by atoms with Crippen molar-refractivity contribution < 1.29 is 34.1 Å². The standard InChI is InChI=1S/C20H20N2O7/c1-22-17(10-6-4-5-7-13(10)21-20(26)27)16(19(24)25)11-8-14(28-2)15(29-3)9-12(11)18(22)23/h4-9,16-17,21H,1-3H3,(H,24,25)(H,26,27)/t16-,17-/m1/s1. The van der Waals surface area contributed by atoms with Crippen LogP contribution in [0.25, 0.3) is 0 Å². The van der Waals surface area contributed by atoms with Crippen molar-refractivity contribution >= 4 is 23.7 Å². The minimum Gasteiger partial charge on any atom is -0.493 e. The van der Waals surface area contributed by atoms with Crippen molar-refractivity contribution in [3.8, 4) is 11.5 Å². The smallest absolute Gasteiger partial charge is 0.409 e. The van der Waals surface area contributed by atoms with Gasteiger partial charge in [-0.3, -0.25) is 14.9 Å². The van der Waals surface area contributed by atoms with Crippen LogP contribution < -0.4 is 14.8 Å². The zero-order valence-corrected chi connectivity index (χ0v) is 16.0. The summed E-state index contributed by atoms with van der Waals surface area (Å²) in [5, 5.41) is 21.4. The molecule has 152 valence electrons. The first-order chi connectivity index (χ1) is 13.8. The van der Waals surface area contributed by atoms with Gasteiger partial charge < -0.3 is 24.6 Å². The van der Waals surface area contributed by atoms with Crippen molar-refractivity contribution in [2.24, 2.45) is 0 Å². The van der Waals surface area contributed by atoms with Crippen LogP contribution in [0.5, 0.6) is 11.5 Å². The van der Waals surface area contributed by atoms with Gasteiger partial charge in [-0.25, -0.2) is 4.79 Å². The third-order valence-corrected chi connectivity index (χ3v) is 4.96. The lowest BCUT2D eigenvalue weighted by Gasteiger charge is -2.39. The maximum absolute atomic E-state index is 13.1. The zero-order chi connectivity index (χ0) is 21.3. The fourth-order valence-corrected chi connectivity index (χ4v) is 3.69. The van der Waals surface area contributed by atoms with E-state index in [9.17, 15) is 19.5 Å². The molecule has 0 spiro atoms. The number of benzene rings is 2. The Bertz CT molecular complexity index is 989. The number of anilines is 1. The number of carboxylic acids is 1. The number of likely N-dealkylation sites (N-methyl/N-ethyl adjacent to an activating group) is 1. The maximum atomic E-state index is 13.1. The molecule has 1 aliphatic rings. The molecule has 2 aromatic carbocycles. The molecule has 1 heterocycles. The van der Waals surface area contributed by atoms with Gasteiger partial charge >= 0.3 is 12.1 Å². The highest BCUT2D eigenvalue weighted by atomic mass is 16.5. The molecule has 0 fully saturated rings. The highest BCUT2D eigenvalue weighted by molar-refractivity contribution is 6.01. The van der Waals surface area contributed by atoms with Crippen LogP contribution in [-0.2, 0) is 4.79 Å². The van der Waals surface area contributed by atoms with E-state index in [2.05, 4.69) is 5.32 Å². The van der Waals surface area contributed by atoms with E-state index in [0.717, 1.165) is 0 Å². The Morgan fingerprint density at radius 3 is 2.24 bits per heavy atom. The Morgan fingerprint density at radius 2 is 1.66 bits per heavy atom. The molecule has 0 radical (unpaired) electrons. The van der Waals surface area contributed by atoms with Crippen LogP contribution in [0.2, 0.25) is 0 Å². The van der Waals surface area contributed by atoms with Crippen LogP contribution in [0.15, 0.2) is 36.4 Å². The van der Waals surface area contributed by atoms with E-state index in [-0.39, 0.29) is 16.8 Å². The molecule has 0 saturated carbocycles. The summed E-state index contributed by atoms with van der Waals surface area (Å²) in [5.41, 5.74) is 1.05. The molecule has 9 nitrogen and oxygen atoms in total. The Hall–Kier alpha value is -3.75. The van der Waals surface area contributed by atoms with Gasteiger partial charge in [0.1, 0.15) is 5.92 Å². The molecule has 0 unspecified atom stereocenters. The molecule has 2 aromatic rings. The van der Waals surface area contributed by atoms with Crippen molar-refractivity contribution in [3.63, 3.8) is 0 Å². The summed E-state index contributed by atoms with van der Waals surface area (Å²) in [6, 6.07) is 8.40. The Morgan fingerprint density at radius 1 is 1.03 bits per heavy atom. The van der Waals surface area contributed by atoms with Crippen molar-refractivity contribution in [2.75, 3.05) is 26.6 Å². The summed E-state index contributed by atoms with van der Waals surface area (Å²) in [5.74, 6) is -2.11. The summed E-state index contributed by atoms with van der Waals surface area (Å²) >= 11 is 0. The van der Waals surface area contributed by atoms with E-state index < -0.39 is 29.9 Å². The van der Waals surface area contributed by atoms with Gasteiger partial charge in [-0.1, -0.05) is 18.2 Å². The second kappa shape index (κ2) is 7.70. The second-order valence-corrected chi connectivity index (χ2v) is 6.49. The largest absolute Gasteiger partial charge is 0.493 e. The van der Waals surface area contributed by atoms with Crippen molar-refractivity contribution in [2.45, 2.75) is 12.0 Å². The van der Waals surface area contributed by atoms with E-state index >= 15 is 0 Å². The number of methoxy groups -OCH3 is 2. The SMILES string of the molecule is COc1cc2c(cc1OC)[C@@H](C(=O)O)[C@@H](c1ccccc1NC(=O)O)N(C)C2=O. The lowest BCUT2D eigenvalue weighted by molar-refractivity contribution is -0.140. The van der Waals surface area contributed by atoms with Crippen LogP contribution >= 0.6 is 0 Å². The average molecular weight is 400 g/mol. The van der Waals surface area contributed by atoms with Crippen molar-refractivity contribution in [3.05, 3.63) is 53.1 Å². The molecule has 29 heavy (non-hydrogen) atoms. The van der Waals surface area contributed by atoms with Gasteiger partial charge in [0.05, 0.1) is 20.3 Å². The van der Waals surface area contributed by atoms with Gasteiger partial charge in [-0.05, 0) is 29.3 Å². The highest BCUT2D eigenvalue weighted by Crippen LogP contribution is 2.47. The molecular weight excluding hydrogens is 380 g/mol. The van der Waals surface area contributed by atoms with E-state index in [1.165, 1.54) is 44.4 Å². The van der Waals surface area contributed by atoms with Crippen LogP contribution in [0.4, 0.5) is 10.5 Å². The van der Waals surface area contributed by atoms with Gasteiger partial charge in [0.15, 0.2) is 11.5 Å². The molecule has 0 bridgehead atoms. The predicted molar refractivity (Wildman–Crippen MR) is 103 cm³/mol. The summed E-state index contributed by atoms with van der Waals surface area (Å²) in [6.07, 6.45) is -1.29. The van der Waals surface area contributed by atoms with E-state index in [0.29, 0.717) is 17.1 Å². The number of nitrogens with zero attached hydrogens (tertiary/aromatic N) is 1. The number of para-hydroxylation sites is 1. The van der Waals surface area contributed by atoms with Crippen LogP contribution in [-0.4, -0.2) is 54.3 Å². The lowest BCUT2D eigenvalue weighted by atomic mass is 9.79. The number of hydrogen-bond donors (Lipinski definition) is 3. The number of carbonyl (C=O) groups is 3. The molecule has 3 rings (SSSR count). The predicted octanol–water partition coefficient (Wildman–Crippen LogP) is 2.79. The monoisotopic (exact) mass is 400 g/mol. The number of ether oxygens (including phenoxy) is 2. The van der Waals surface area contributed by atoms with Gasteiger partial charge in [0.25, 0.3) is 5.91 Å². The summed E-state index contributed by atoms with van der Waals surface area (Å²) < 4.78 is 10.5. The third-order valence-electron chi connectivity index (χ3n) is 4.96. The minimum atomic E-state index is -1.29. The van der Waals surface area contributed by atoms with Gasteiger partial charge in [0, 0.05) is 18.3 Å². The molecule has 0 aliphatic carbocycles. The van der Waals surface area contributed by atoms with Gasteiger partial charge in [0.2, 0.25) is 0 Å². The fourth-order valence-electron chi connectivity index (χ4n) is 3.69. The van der Waals surface area contributed by atoms with Crippen LogP contribution in [0.3, 0.4) is 0 Å². The Balaban J connectivity index is 2.25. The molecule has 2 atom stereocenters. The summed E-state index contributed by atoms with van der Waals surface area (Å²) in [4.78, 5) is 37.8. The third kappa shape index (κ3) is 3.42. The quantitative estimate of drug-likeness (QED) is 0.705. The first kappa shape index (κ1) is 20.0. The first-order valence-electron chi connectivity index (χ1n) is 8.64. The molecule has 2 amide bonds. The highest BCUT2D eigenvalue weighted by Gasteiger charge is 2.44. The summed E-state index contributed by atoms with van der Waals surface area (Å²) in [7, 11) is 4.33. The molecule has 1 aliphatic heterocycles.